The summed E-state index contributed by atoms with van der Waals surface area (Å²) in [6, 6.07) is 9.14. The topological polar surface area (TPSA) is 108 Å². The number of anilines is 1. The number of amides is 2. The van der Waals surface area contributed by atoms with Crippen LogP contribution in [0, 0.1) is 6.92 Å². The van der Waals surface area contributed by atoms with Gasteiger partial charge >= 0.3 is 5.97 Å². The summed E-state index contributed by atoms with van der Waals surface area (Å²) in [5.74, 6) is -0.914. The quantitative estimate of drug-likeness (QED) is 0.506. The molecule has 2 aromatic rings. The fraction of sp³-hybridized carbons (Fsp3) is 0.316. The minimum atomic E-state index is -0.988. The van der Waals surface area contributed by atoms with Crippen molar-refractivity contribution in [3.8, 4) is 5.75 Å². The highest BCUT2D eigenvalue weighted by Gasteiger charge is 2.20. The highest BCUT2D eigenvalue weighted by atomic mass is 32.1. The second-order valence-electron chi connectivity index (χ2n) is 5.91. The molecule has 2 rings (SSSR count). The number of rotatable bonds is 9. The molecule has 8 heteroatoms. The van der Waals surface area contributed by atoms with Crippen LogP contribution in [0.25, 0.3) is 0 Å². The van der Waals surface area contributed by atoms with Crippen LogP contribution in [0.15, 0.2) is 35.7 Å². The number of ether oxygens (including phenoxy) is 2. The summed E-state index contributed by atoms with van der Waals surface area (Å²) in [5, 5.41) is 4.52. The standard InChI is InChI=1S/C19H22N2O5S/c1-12-5-7-14(8-6-12)25-10-3-4-16(22)26-13(2)18(24)21-19-15(17(20)23)9-11-27-19/h5-9,11,13H,3-4,10H2,1-2H3,(H2,20,23)(H,21,24). The number of carbonyl (C=O) groups excluding carboxylic acids is 3. The number of benzene rings is 1. The Labute approximate surface area is 161 Å². The normalized spacial score (nSPS) is 11.5. The van der Waals surface area contributed by atoms with E-state index in [4.69, 9.17) is 15.2 Å². The molecular weight excluding hydrogens is 368 g/mol. The van der Waals surface area contributed by atoms with E-state index in [-0.39, 0.29) is 12.0 Å². The SMILES string of the molecule is Cc1ccc(OCCCC(=O)OC(C)C(=O)Nc2sccc2C(N)=O)cc1. The second-order valence-corrected chi connectivity index (χ2v) is 6.83. The van der Waals surface area contributed by atoms with Crippen LogP contribution in [0.1, 0.15) is 35.7 Å². The van der Waals surface area contributed by atoms with Gasteiger partial charge in [-0.25, -0.2) is 0 Å². The van der Waals surface area contributed by atoms with Gasteiger partial charge in [-0.15, -0.1) is 11.3 Å². The predicted octanol–water partition coefficient (Wildman–Crippen LogP) is 2.88. The minimum absolute atomic E-state index is 0.134. The summed E-state index contributed by atoms with van der Waals surface area (Å²) in [6.45, 7) is 3.83. The fourth-order valence-corrected chi connectivity index (χ4v) is 2.96. The van der Waals surface area contributed by atoms with Gasteiger partial charge in [0.25, 0.3) is 11.8 Å². The number of hydrogen-bond acceptors (Lipinski definition) is 6. The van der Waals surface area contributed by atoms with Crippen LogP contribution >= 0.6 is 11.3 Å². The van der Waals surface area contributed by atoms with Gasteiger partial charge in [0.15, 0.2) is 6.10 Å². The first-order valence-corrected chi connectivity index (χ1v) is 9.32. The molecule has 0 radical (unpaired) electrons. The molecule has 2 amide bonds. The van der Waals surface area contributed by atoms with Crippen LogP contribution in [0.3, 0.4) is 0 Å². The van der Waals surface area contributed by atoms with E-state index in [0.717, 1.165) is 11.3 Å². The van der Waals surface area contributed by atoms with Gasteiger partial charge in [-0.1, -0.05) is 17.7 Å². The number of esters is 1. The van der Waals surface area contributed by atoms with Crippen molar-refractivity contribution in [1.82, 2.24) is 0 Å². The van der Waals surface area contributed by atoms with E-state index in [2.05, 4.69) is 5.32 Å². The average Bonchev–Trinajstić information content (AvgIpc) is 3.08. The maximum Gasteiger partial charge on any atom is 0.306 e. The van der Waals surface area contributed by atoms with Crippen molar-refractivity contribution in [2.45, 2.75) is 32.8 Å². The molecular formula is C19H22N2O5S. The number of carbonyl (C=O) groups is 3. The molecule has 1 aromatic carbocycles. The first-order valence-electron chi connectivity index (χ1n) is 8.44. The Hall–Kier alpha value is -2.87. The van der Waals surface area contributed by atoms with E-state index in [1.165, 1.54) is 24.3 Å². The van der Waals surface area contributed by atoms with Gasteiger partial charge in [0.2, 0.25) is 0 Å². The van der Waals surface area contributed by atoms with Gasteiger partial charge in [-0.05, 0) is 43.8 Å². The van der Waals surface area contributed by atoms with Crippen LogP contribution in [0.5, 0.6) is 5.75 Å². The Kier molecular flexibility index (Phi) is 7.36. The van der Waals surface area contributed by atoms with Gasteiger partial charge in [0, 0.05) is 6.42 Å². The van der Waals surface area contributed by atoms with Crippen molar-refractivity contribution in [3.63, 3.8) is 0 Å². The Morgan fingerprint density at radius 2 is 1.89 bits per heavy atom. The van der Waals surface area contributed by atoms with Gasteiger partial charge < -0.3 is 20.5 Å². The molecule has 0 aliphatic carbocycles. The van der Waals surface area contributed by atoms with E-state index in [1.807, 2.05) is 31.2 Å². The molecule has 144 valence electrons. The predicted molar refractivity (Wildman–Crippen MR) is 103 cm³/mol. The molecule has 7 nitrogen and oxygen atoms in total. The van der Waals surface area contributed by atoms with Gasteiger partial charge in [-0.3, -0.25) is 14.4 Å². The number of nitrogens with one attached hydrogen (secondary N) is 1. The summed E-state index contributed by atoms with van der Waals surface area (Å²) in [5.41, 5.74) is 6.59. The van der Waals surface area contributed by atoms with Crippen molar-refractivity contribution in [2.24, 2.45) is 5.73 Å². The number of hydrogen-bond donors (Lipinski definition) is 2. The molecule has 0 aliphatic heterocycles. The summed E-state index contributed by atoms with van der Waals surface area (Å²) < 4.78 is 10.7. The Bertz CT molecular complexity index is 801. The zero-order chi connectivity index (χ0) is 19.8. The molecule has 1 unspecified atom stereocenters. The molecule has 0 saturated carbocycles. The second kappa shape index (κ2) is 9.72. The van der Waals surface area contributed by atoms with Crippen molar-refractivity contribution in [3.05, 3.63) is 46.8 Å². The molecule has 27 heavy (non-hydrogen) atoms. The first kappa shape index (κ1) is 20.4. The lowest BCUT2D eigenvalue weighted by molar-refractivity contribution is -0.153. The third-order valence-corrected chi connectivity index (χ3v) is 4.49. The molecule has 1 atom stereocenters. The van der Waals surface area contributed by atoms with E-state index in [0.29, 0.717) is 18.0 Å². The number of aryl methyl sites for hydroxylation is 1. The smallest absolute Gasteiger partial charge is 0.306 e. The Balaban J connectivity index is 1.71. The summed E-state index contributed by atoms with van der Waals surface area (Å²) in [6.07, 6.45) is -0.384. The van der Waals surface area contributed by atoms with Gasteiger partial charge in [0.1, 0.15) is 10.8 Å². The third kappa shape index (κ3) is 6.41. The van der Waals surface area contributed by atoms with Crippen LogP contribution in [-0.2, 0) is 14.3 Å². The molecule has 1 aromatic heterocycles. The van der Waals surface area contributed by atoms with Gasteiger partial charge in [0.05, 0.1) is 12.2 Å². The number of thiophene rings is 1. The summed E-state index contributed by atoms with van der Waals surface area (Å²) in [7, 11) is 0. The van der Waals surface area contributed by atoms with E-state index >= 15 is 0 Å². The van der Waals surface area contributed by atoms with Crippen LogP contribution in [-0.4, -0.2) is 30.5 Å². The van der Waals surface area contributed by atoms with Crippen molar-refractivity contribution >= 4 is 34.1 Å². The maximum absolute atomic E-state index is 12.1. The number of nitrogens with two attached hydrogens (primary N) is 1. The Morgan fingerprint density at radius 3 is 2.56 bits per heavy atom. The van der Waals surface area contributed by atoms with Crippen LogP contribution in [0.4, 0.5) is 5.00 Å². The first-order chi connectivity index (χ1) is 12.9. The summed E-state index contributed by atoms with van der Waals surface area (Å²) >= 11 is 1.17. The molecule has 3 N–H and O–H groups in total. The largest absolute Gasteiger partial charge is 0.494 e. The van der Waals surface area contributed by atoms with E-state index in [9.17, 15) is 14.4 Å². The number of primary amides is 1. The van der Waals surface area contributed by atoms with Crippen molar-refractivity contribution < 1.29 is 23.9 Å². The van der Waals surface area contributed by atoms with Crippen LogP contribution in [0.2, 0.25) is 0 Å². The minimum Gasteiger partial charge on any atom is -0.494 e. The maximum atomic E-state index is 12.1. The zero-order valence-electron chi connectivity index (χ0n) is 15.2. The molecule has 0 aliphatic rings. The highest BCUT2D eigenvalue weighted by Crippen LogP contribution is 2.23. The monoisotopic (exact) mass is 390 g/mol. The molecule has 0 spiro atoms. The van der Waals surface area contributed by atoms with Crippen LogP contribution < -0.4 is 15.8 Å². The lowest BCUT2D eigenvalue weighted by atomic mass is 10.2. The lowest BCUT2D eigenvalue weighted by Crippen LogP contribution is -2.30. The molecule has 0 saturated heterocycles. The van der Waals surface area contributed by atoms with E-state index < -0.39 is 23.9 Å². The summed E-state index contributed by atoms with van der Waals surface area (Å²) in [4.78, 5) is 35.2. The van der Waals surface area contributed by atoms with E-state index in [1.54, 1.807) is 5.38 Å². The average molecular weight is 390 g/mol. The highest BCUT2D eigenvalue weighted by molar-refractivity contribution is 7.14. The Morgan fingerprint density at radius 1 is 1.19 bits per heavy atom. The molecule has 1 heterocycles. The van der Waals surface area contributed by atoms with Crippen molar-refractivity contribution in [2.75, 3.05) is 11.9 Å². The lowest BCUT2D eigenvalue weighted by Gasteiger charge is -2.13. The van der Waals surface area contributed by atoms with Crippen molar-refractivity contribution in [1.29, 1.82) is 0 Å². The fourth-order valence-electron chi connectivity index (χ4n) is 2.16. The molecule has 0 fully saturated rings. The third-order valence-electron chi connectivity index (χ3n) is 3.66. The molecule has 0 bridgehead atoms. The van der Waals surface area contributed by atoms with Gasteiger partial charge in [-0.2, -0.15) is 0 Å². The zero-order valence-corrected chi connectivity index (χ0v) is 16.0.